The van der Waals surface area contributed by atoms with Gasteiger partial charge in [-0.05, 0) is 20.3 Å². The van der Waals surface area contributed by atoms with Crippen molar-refractivity contribution in [3.05, 3.63) is 18.2 Å². The number of hydrogen-bond donors (Lipinski definition) is 2. The fourth-order valence-electron chi connectivity index (χ4n) is 2.43. The minimum atomic E-state index is 0.0793. The third-order valence-electron chi connectivity index (χ3n) is 3.55. The van der Waals surface area contributed by atoms with E-state index in [9.17, 15) is 0 Å². The maximum atomic E-state index is 6.03. The van der Waals surface area contributed by atoms with Crippen LogP contribution in [0.5, 0.6) is 0 Å². The van der Waals surface area contributed by atoms with Crippen molar-refractivity contribution in [1.82, 2.24) is 19.6 Å². The van der Waals surface area contributed by atoms with Crippen LogP contribution in [0.3, 0.4) is 0 Å². The van der Waals surface area contributed by atoms with Crippen LogP contribution in [0.4, 0.5) is 5.82 Å². The van der Waals surface area contributed by atoms with E-state index in [1.807, 2.05) is 24.4 Å². The van der Waals surface area contributed by atoms with Crippen LogP contribution in [0, 0.1) is 6.92 Å². The SMILES string of the molecule is CCOC1CC(N)C1Nc1nccn2c(C)nnc12. The summed E-state index contributed by atoms with van der Waals surface area (Å²) in [5, 5.41) is 11.5. The molecule has 0 radical (unpaired) electrons. The summed E-state index contributed by atoms with van der Waals surface area (Å²) in [7, 11) is 0. The highest BCUT2D eigenvalue weighted by molar-refractivity contribution is 5.62. The molecule has 19 heavy (non-hydrogen) atoms. The monoisotopic (exact) mass is 262 g/mol. The fourth-order valence-corrected chi connectivity index (χ4v) is 2.43. The lowest BCUT2D eigenvalue weighted by Crippen LogP contribution is -2.60. The zero-order chi connectivity index (χ0) is 13.4. The molecule has 0 aliphatic heterocycles. The number of hydrogen-bond acceptors (Lipinski definition) is 6. The van der Waals surface area contributed by atoms with Crippen LogP contribution in [0.2, 0.25) is 0 Å². The molecule has 2 aromatic rings. The number of nitrogens with zero attached hydrogens (tertiary/aromatic N) is 4. The molecule has 1 fully saturated rings. The minimum absolute atomic E-state index is 0.0793. The Morgan fingerprint density at radius 3 is 3.11 bits per heavy atom. The third kappa shape index (κ3) is 2.04. The topological polar surface area (TPSA) is 90.4 Å². The summed E-state index contributed by atoms with van der Waals surface area (Å²) in [6, 6.07) is 0.165. The number of anilines is 1. The molecule has 2 heterocycles. The smallest absolute Gasteiger partial charge is 0.203 e. The van der Waals surface area contributed by atoms with Crippen LogP contribution in [0.25, 0.3) is 5.65 Å². The molecule has 0 spiro atoms. The second-order valence-corrected chi connectivity index (χ2v) is 4.78. The lowest BCUT2D eigenvalue weighted by Gasteiger charge is -2.42. The minimum Gasteiger partial charge on any atom is -0.376 e. The van der Waals surface area contributed by atoms with Crippen molar-refractivity contribution in [2.45, 2.75) is 38.5 Å². The average molecular weight is 262 g/mol. The van der Waals surface area contributed by atoms with Crippen molar-refractivity contribution in [2.24, 2.45) is 5.73 Å². The average Bonchev–Trinajstić information content (AvgIpc) is 2.79. The van der Waals surface area contributed by atoms with E-state index >= 15 is 0 Å². The normalized spacial score (nSPS) is 26.4. The first-order valence-corrected chi connectivity index (χ1v) is 6.50. The Bertz CT molecular complexity index is 581. The highest BCUT2D eigenvalue weighted by atomic mass is 16.5. The van der Waals surface area contributed by atoms with Crippen molar-refractivity contribution in [1.29, 1.82) is 0 Å². The lowest BCUT2D eigenvalue weighted by atomic mass is 9.83. The molecule has 0 saturated heterocycles. The van der Waals surface area contributed by atoms with Gasteiger partial charge in [-0.2, -0.15) is 0 Å². The van der Waals surface area contributed by atoms with Gasteiger partial charge in [0.2, 0.25) is 5.65 Å². The van der Waals surface area contributed by atoms with Gasteiger partial charge in [-0.25, -0.2) is 4.98 Å². The van der Waals surface area contributed by atoms with Crippen molar-refractivity contribution in [3.63, 3.8) is 0 Å². The first-order valence-electron chi connectivity index (χ1n) is 6.50. The van der Waals surface area contributed by atoms with Gasteiger partial charge in [0.05, 0.1) is 12.1 Å². The summed E-state index contributed by atoms with van der Waals surface area (Å²) in [4.78, 5) is 4.33. The number of nitrogens with one attached hydrogen (secondary N) is 1. The Labute approximate surface area is 111 Å². The van der Waals surface area contributed by atoms with Gasteiger partial charge in [0, 0.05) is 25.0 Å². The Morgan fingerprint density at radius 2 is 2.37 bits per heavy atom. The van der Waals surface area contributed by atoms with Gasteiger partial charge < -0.3 is 15.8 Å². The van der Waals surface area contributed by atoms with Crippen LogP contribution < -0.4 is 11.1 Å². The van der Waals surface area contributed by atoms with E-state index in [0.29, 0.717) is 18.1 Å². The molecule has 3 rings (SSSR count). The molecular formula is C12H18N6O. The van der Waals surface area contributed by atoms with E-state index in [1.165, 1.54) is 0 Å². The molecular weight excluding hydrogens is 244 g/mol. The molecule has 0 aromatic carbocycles. The molecule has 2 aromatic heterocycles. The Hall–Kier alpha value is -1.73. The van der Waals surface area contributed by atoms with Crippen LogP contribution in [-0.2, 0) is 4.74 Å². The quantitative estimate of drug-likeness (QED) is 0.826. The van der Waals surface area contributed by atoms with Crippen molar-refractivity contribution in [3.8, 4) is 0 Å². The van der Waals surface area contributed by atoms with E-state index in [2.05, 4.69) is 20.5 Å². The van der Waals surface area contributed by atoms with Gasteiger partial charge in [0.25, 0.3) is 0 Å². The van der Waals surface area contributed by atoms with Gasteiger partial charge in [0.15, 0.2) is 5.82 Å². The molecule has 102 valence electrons. The lowest BCUT2D eigenvalue weighted by molar-refractivity contribution is -0.0127. The summed E-state index contributed by atoms with van der Waals surface area (Å²) in [6.45, 7) is 4.58. The summed E-state index contributed by atoms with van der Waals surface area (Å²) >= 11 is 0. The van der Waals surface area contributed by atoms with Crippen LogP contribution >= 0.6 is 0 Å². The Kier molecular flexibility index (Phi) is 3.08. The zero-order valence-corrected chi connectivity index (χ0v) is 11.1. The fraction of sp³-hybridized carbons (Fsp3) is 0.583. The summed E-state index contributed by atoms with van der Waals surface area (Å²) in [6.07, 6.45) is 4.59. The molecule has 3 unspecified atom stereocenters. The molecule has 3 atom stereocenters. The van der Waals surface area contributed by atoms with E-state index in [-0.39, 0.29) is 18.2 Å². The maximum Gasteiger partial charge on any atom is 0.203 e. The predicted molar refractivity (Wildman–Crippen MR) is 70.9 cm³/mol. The number of aromatic nitrogens is 4. The summed E-state index contributed by atoms with van der Waals surface area (Å²) in [5.41, 5.74) is 6.74. The largest absolute Gasteiger partial charge is 0.376 e. The van der Waals surface area contributed by atoms with E-state index < -0.39 is 0 Å². The van der Waals surface area contributed by atoms with Crippen molar-refractivity contribution in [2.75, 3.05) is 11.9 Å². The Morgan fingerprint density at radius 1 is 1.53 bits per heavy atom. The third-order valence-corrected chi connectivity index (χ3v) is 3.55. The summed E-state index contributed by atoms with van der Waals surface area (Å²) < 4.78 is 7.54. The standard InChI is InChI=1S/C12H18N6O/c1-3-19-9-6-8(13)10(9)15-11-12-17-16-7(2)18(12)5-4-14-11/h4-5,8-10H,3,6,13H2,1-2H3,(H,14,15). The Balaban J connectivity index is 1.85. The zero-order valence-electron chi connectivity index (χ0n) is 11.1. The molecule has 3 N–H and O–H groups in total. The van der Waals surface area contributed by atoms with Crippen LogP contribution in [0.15, 0.2) is 12.4 Å². The second-order valence-electron chi connectivity index (χ2n) is 4.78. The molecule has 1 aliphatic rings. The van der Waals surface area contributed by atoms with Crippen molar-refractivity contribution >= 4 is 11.5 Å². The van der Waals surface area contributed by atoms with Gasteiger partial charge >= 0.3 is 0 Å². The van der Waals surface area contributed by atoms with Crippen LogP contribution in [-0.4, -0.2) is 44.4 Å². The molecule has 7 nitrogen and oxygen atoms in total. The van der Waals surface area contributed by atoms with Gasteiger partial charge in [0.1, 0.15) is 5.82 Å². The van der Waals surface area contributed by atoms with E-state index in [1.54, 1.807) is 6.20 Å². The van der Waals surface area contributed by atoms with Crippen molar-refractivity contribution < 1.29 is 4.74 Å². The number of nitrogens with two attached hydrogens (primary N) is 1. The number of aryl methyl sites for hydroxylation is 1. The second kappa shape index (κ2) is 4.75. The molecule has 0 bridgehead atoms. The molecule has 1 aliphatic carbocycles. The summed E-state index contributed by atoms with van der Waals surface area (Å²) in [5.74, 6) is 1.53. The first kappa shape index (κ1) is 12.3. The number of fused-ring (bicyclic) bond motifs is 1. The molecule has 1 saturated carbocycles. The predicted octanol–water partition coefficient (Wildman–Crippen LogP) is 0.349. The highest BCUT2D eigenvalue weighted by Crippen LogP contribution is 2.26. The molecule has 0 amide bonds. The number of rotatable bonds is 4. The van der Waals surface area contributed by atoms with Crippen LogP contribution in [0.1, 0.15) is 19.2 Å². The van der Waals surface area contributed by atoms with E-state index in [0.717, 1.165) is 12.2 Å². The van der Waals surface area contributed by atoms with Gasteiger partial charge in [-0.15, -0.1) is 10.2 Å². The number of ether oxygens (including phenoxy) is 1. The van der Waals surface area contributed by atoms with E-state index in [4.69, 9.17) is 10.5 Å². The van der Waals surface area contributed by atoms with Gasteiger partial charge in [-0.1, -0.05) is 0 Å². The highest BCUT2D eigenvalue weighted by Gasteiger charge is 2.39. The maximum absolute atomic E-state index is 6.03. The first-order chi connectivity index (χ1) is 9.20. The van der Waals surface area contributed by atoms with Gasteiger partial charge in [-0.3, -0.25) is 4.40 Å². The molecule has 7 heteroatoms.